The van der Waals surface area contributed by atoms with Gasteiger partial charge in [-0.15, -0.1) is 0 Å². The van der Waals surface area contributed by atoms with Crippen molar-refractivity contribution in [2.75, 3.05) is 5.73 Å². The molecule has 1 heterocycles. The molecule has 118 valence electrons. The van der Waals surface area contributed by atoms with E-state index in [1.165, 1.54) is 6.33 Å². The zero-order chi connectivity index (χ0) is 16.4. The number of aliphatic hydroxyl groups is 1. The molecule has 0 bridgehead atoms. The number of aromatic nitrogens is 3. The summed E-state index contributed by atoms with van der Waals surface area (Å²) in [4.78, 5) is 4.13. The maximum absolute atomic E-state index is 9.95. The van der Waals surface area contributed by atoms with Gasteiger partial charge in [0.25, 0.3) is 0 Å². The molecule has 1 aliphatic carbocycles. The van der Waals surface area contributed by atoms with E-state index in [1.54, 1.807) is 12.1 Å². The molecule has 1 aliphatic rings. The molecular formula is C17H19N5O. The van der Waals surface area contributed by atoms with Crippen molar-refractivity contribution in [2.24, 2.45) is 5.41 Å². The summed E-state index contributed by atoms with van der Waals surface area (Å²) < 4.78 is 0. The van der Waals surface area contributed by atoms with Crippen molar-refractivity contribution in [3.05, 3.63) is 54.1 Å². The number of H-pyrrole nitrogens is 1. The zero-order valence-corrected chi connectivity index (χ0v) is 12.9. The lowest BCUT2D eigenvalue weighted by Crippen LogP contribution is -2.26. The van der Waals surface area contributed by atoms with Gasteiger partial charge in [0.05, 0.1) is 11.5 Å². The average molecular weight is 309 g/mol. The number of allylic oxidation sites excluding steroid dienone is 3. The molecule has 0 aliphatic heterocycles. The largest absolute Gasteiger partial charge is 0.512 e. The van der Waals surface area contributed by atoms with Crippen LogP contribution in [0.15, 0.2) is 48.5 Å². The van der Waals surface area contributed by atoms with Crippen LogP contribution in [0.4, 0.5) is 5.69 Å². The molecule has 1 unspecified atom stereocenters. The van der Waals surface area contributed by atoms with Crippen LogP contribution < -0.4 is 5.73 Å². The van der Waals surface area contributed by atoms with Crippen molar-refractivity contribution in [3.8, 4) is 11.4 Å². The van der Waals surface area contributed by atoms with E-state index in [0.717, 1.165) is 5.56 Å². The third kappa shape index (κ3) is 2.88. The fraction of sp³-hybridized carbons (Fsp3) is 0.235. The van der Waals surface area contributed by atoms with Crippen LogP contribution in [-0.4, -0.2) is 26.0 Å². The predicted octanol–water partition coefficient (Wildman–Crippen LogP) is 3.22. The first-order valence-corrected chi connectivity index (χ1v) is 7.40. The van der Waals surface area contributed by atoms with Gasteiger partial charge in [-0.1, -0.05) is 19.1 Å². The summed E-state index contributed by atoms with van der Waals surface area (Å²) in [6.07, 6.45) is 8.23. The van der Waals surface area contributed by atoms with Gasteiger partial charge in [0.2, 0.25) is 0 Å². The smallest absolute Gasteiger partial charge is 0.155 e. The second-order valence-electron chi connectivity index (χ2n) is 5.94. The van der Waals surface area contributed by atoms with Crippen LogP contribution in [-0.2, 0) is 0 Å². The van der Waals surface area contributed by atoms with Crippen molar-refractivity contribution in [1.29, 1.82) is 5.41 Å². The molecule has 5 N–H and O–H groups in total. The van der Waals surface area contributed by atoms with Gasteiger partial charge in [-0.3, -0.25) is 5.10 Å². The molecule has 1 aromatic heterocycles. The molecule has 0 saturated heterocycles. The third-order valence-electron chi connectivity index (χ3n) is 4.10. The van der Waals surface area contributed by atoms with E-state index >= 15 is 0 Å². The van der Waals surface area contributed by atoms with Gasteiger partial charge in [0.1, 0.15) is 6.33 Å². The standard InChI is InChI=1S/C17H19N5O/c1-17(7-3-2-4-12(23)9-17)15(19)13-8-11(5-6-14(13)18)16-20-10-21-22-16/h2-3,5-6,8-10,19,23H,4,7,18H2,1H3,(H,20,21,22). The fourth-order valence-electron chi connectivity index (χ4n) is 2.76. The Balaban J connectivity index is 2.04. The minimum absolute atomic E-state index is 0.274. The van der Waals surface area contributed by atoms with Crippen molar-refractivity contribution < 1.29 is 5.11 Å². The number of nitrogens with one attached hydrogen (secondary N) is 2. The summed E-state index contributed by atoms with van der Waals surface area (Å²) in [6.45, 7) is 1.93. The zero-order valence-electron chi connectivity index (χ0n) is 12.9. The number of rotatable bonds is 3. The van der Waals surface area contributed by atoms with Crippen molar-refractivity contribution >= 4 is 11.4 Å². The highest BCUT2D eigenvalue weighted by molar-refractivity contribution is 6.08. The van der Waals surface area contributed by atoms with Crippen molar-refractivity contribution in [2.45, 2.75) is 19.8 Å². The van der Waals surface area contributed by atoms with E-state index in [0.29, 0.717) is 35.6 Å². The molecule has 2 aromatic rings. The molecule has 6 heteroatoms. The molecular weight excluding hydrogens is 290 g/mol. The van der Waals surface area contributed by atoms with E-state index in [2.05, 4.69) is 15.2 Å². The Bertz CT molecular complexity index is 791. The summed E-state index contributed by atoms with van der Waals surface area (Å²) in [5.41, 5.74) is 7.84. The van der Waals surface area contributed by atoms with E-state index in [-0.39, 0.29) is 5.76 Å². The number of aromatic amines is 1. The van der Waals surface area contributed by atoms with Gasteiger partial charge < -0.3 is 16.2 Å². The first-order chi connectivity index (χ1) is 11.0. The first kappa shape index (κ1) is 15.0. The Morgan fingerprint density at radius 2 is 2.22 bits per heavy atom. The lowest BCUT2D eigenvalue weighted by molar-refractivity contribution is 0.390. The Kier molecular flexibility index (Phi) is 3.73. The van der Waals surface area contributed by atoms with Gasteiger partial charge in [-0.25, -0.2) is 4.98 Å². The third-order valence-corrected chi connectivity index (χ3v) is 4.10. The van der Waals surface area contributed by atoms with E-state index in [4.69, 9.17) is 11.1 Å². The number of benzene rings is 1. The molecule has 0 fully saturated rings. The topological polar surface area (TPSA) is 112 Å². The second kappa shape index (κ2) is 5.72. The minimum atomic E-state index is -0.606. The maximum Gasteiger partial charge on any atom is 0.155 e. The van der Waals surface area contributed by atoms with Gasteiger partial charge in [-0.2, -0.15) is 5.10 Å². The van der Waals surface area contributed by atoms with E-state index in [1.807, 2.05) is 31.2 Å². The van der Waals surface area contributed by atoms with Gasteiger partial charge >= 0.3 is 0 Å². The molecule has 0 radical (unpaired) electrons. The number of nitrogens with zero attached hydrogens (tertiary/aromatic N) is 2. The molecule has 1 aromatic carbocycles. The summed E-state index contributed by atoms with van der Waals surface area (Å²) in [7, 11) is 0. The van der Waals surface area contributed by atoms with Crippen LogP contribution >= 0.6 is 0 Å². The lowest BCUT2D eigenvalue weighted by Gasteiger charge is -2.26. The van der Waals surface area contributed by atoms with Crippen LogP contribution in [0.2, 0.25) is 0 Å². The van der Waals surface area contributed by atoms with Gasteiger partial charge in [-0.05, 0) is 30.7 Å². The Morgan fingerprint density at radius 3 is 2.96 bits per heavy atom. The Labute approximate surface area is 134 Å². The fourth-order valence-corrected chi connectivity index (χ4v) is 2.76. The Morgan fingerprint density at radius 1 is 1.39 bits per heavy atom. The lowest BCUT2D eigenvalue weighted by atomic mass is 9.78. The second-order valence-corrected chi connectivity index (χ2v) is 5.94. The molecule has 0 saturated carbocycles. The minimum Gasteiger partial charge on any atom is -0.512 e. The molecule has 1 atom stereocenters. The molecule has 0 spiro atoms. The number of anilines is 1. The predicted molar refractivity (Wildman–Crippen MR) is 90.3 cm³/mol. The monoisotopic (exact) mass is 309 g/mol. The van der Waals surface area contributed by atoms with E-state index < -0.39 is 5.41 Å². The number of hydrogen-bond donors (Lipinski definition) is 4. The van der Waals surface area contributed by atoms with Crippen LogP contribution in [0.1, 0.15) is 25.3 Å². The Hall–Kier alpha value is -2.89. The van der Waals surface area contributed by atoms with Crippen LogP contribution in [0, 0.1) is 10.8 Å². The SMILES string of the molecule is CC1(C(=N)c2cc(-c3ncn[nH]3)ccc2N)C=C(O)CC=CC1. The van der Waals surface area contributed by atoms with Crippen LogP contribution in [0.5, 0.6) is 0 Å². The number of nitrogen functional groups attached to an aromatic ring is 1. The molecule has 3 rings (SSSR count). The number of aliphatic hydroxyl groups excluding tert-OH is 1. The highest BCUT2D eigenvalue weighted by Gasteiger charge is 2.30. The highest BCUT2D eigenvalue weighted by Crippen LogP contribution is 2.35. The van der Waals surface area contributed by atoms with Gasteiger partial charge in [0.15, 0.2) is 5.82 Å². The number of hydrogen-bond acceptors (Lipinski definition) is 5. The number of nitrogens with two attached hydrogens (primary N) is 1. The van der Waals surface area contributed by atoms with Gasteiger partial charge in [0, 0.05) is 28.7 Å². The van der Waals surface area contributed by atoms with Crippen LogP contribution in [0.25, 0.3) is 11.4 Å². The summed E-state index contributed by atoms with van der Waals surface area (Å²) >= 11 is 0. The summed E-state index contributed by atoms with van der Waals surface area (Å²) in [6, 6.07) is 5.44. The molecule has 6 nitrogen and oxygen atoms in total. The highest BCUT2D eigenvalue weighted by atomic mass is 16.3. The summed E-state index contributed by atoms with van der Waals surface area (Å²) in [5, 5.41) is 25.3. The van der Waals surface area contributed by atoms with E-state index in [9.17, 15) is 5.11 Å². The average Bonchev–Trinajstić information content (AvgIpc) is 3.00. The van der Waals surface area contributed by atoms with Crippen molar-refractivity contribution in [1.82, 2.24) is 15.2 Å². The first-order valence-electron chi connectivity index (χ1n) is 7.40. The molecule has 0 amide bonds. The summed E-state index contributed by atoms with van der Waals surface area (Å²) in [5.74, 6) is 0.902. The maximum atomic E-state index is 9.95. The normalized spacial score (nSPS) is 20.8. The molecule has 23 heavy (non-hydrogen) atoms. The quantitative estimate of drug-likeness (QED) is 0.396. The van der Waals surface area contributed by atoms with Crippen LogP contribution in [0.3, 0.4) is 0 Å². The van der Waals surface area contributed by atoms with Crippen molar-refractivity contribution in [3.63, 3.8) is 0 Å².